The fraction of sp³-hybridized carbons (Fsp3) is 0.524. The zero-order chi connectivity index (χ0) is 19.6. The predicted octanol–water partition coefficient (Wildman–Crippen LogP) is 4.99. The summed E-state index contributed by atoms with van der Waals surface area (Å²) in [6.45, 7) is 17.3. The molecule has 0 saturated carbocycles. The molecular weight excluding hydrogens is 314 g/mol. The summed E-state index contributed by atoms with van der Waals surface area (Å²) in [6, 6.07) is 0. The van der Waals surface area contributed by atoms with Gasteiger partial charge in [0.2, 0.25) is 5.91 Å². The zero-order valence-electron chi connectivity index (χ0n) is 16.8. The van der Waals surface area contributed by atoms with Gasteiger partial charge in [-0.05, 0) is 59.6 Å². The van der Waals surface area contributed by atoms with Gasteiger partial charge in [-0.25, -0.2) is 0 Å². The van der Waals surface area contributed by atoms with E-state index in [1.54, 1.807) is 20.8 Å². The standard InChI is InChI=1S/C21H33NO3/c1-9-16(5)13-17(15(3)4)14-18(10-2)22-19(23)11-12-20(24)25-21(6,7)8/h10,13-14H,3,9,11-12H2,1-2,4-8H3,(H,22,23)/b16-13+,17-14-,18-10?. The third-order valence-electron chi connectivity index (χ3n) is 3.33. The molecule has 0 aromatic carbocycles. The van der Waals surface area contributed by atoms with Gasteiger partial charge >= 0.3 is 5.97 Å². The lowest BCUT2D eigenvalue weighted by molar-refractivity contribution is -0.155. The summed E-state index contributed by atoms with van der Waals surface area (Å²) in [5.74, 6) is -0.586. The van der Waals surface area contributed by atoms with Crippen LogP contribution in [-0.2, 0) is 14.3 Å². The molecule has 1 N–H and O–H groups in total. The molecule has 4 nitrogen and oxygen atoms in total. The van der Waals surface area contributed by atoms with E-state index in [1.165, 1.54) is 5.57 Å². The van der Waals surface area contributed by atoms with Crippen molar-refractivity contribution in [3.8, 4) is 0 Å². The Morgan fingerprint density at radius 1 is 1.12 bits per heavy atom. The Labute approximate surface area is 152 Å². The van der Waals surface area contributed by atoms with Gasteiger partial charge in [0.1, 0.15) is 5.60 Å². The van der Waals surface area contributed by atoms with Crippen LogP contribution in [0.4, 0.5) is 0 Å². The van der Waals surface area contributed by atoms with Crippen LogP contribution < -0.4 is 5.32 Å². The van der Waals surface area contributed by atoms with Gasteiger partial charge in [-0.3, -0.25) is 9.59 Å². The van der Waals surface area contributed by atoms with Crippen LogP contribution in [0.1, 0.15) is 67.7 Å². The van der Waals surface area contributed by atoms with Gasteiger partial charge in [0.15, 0.2) is 0 Å². The van der Waals surface area contributed by atoms with E-state index >= 15 is 0 Å². The number of hydrogen-bond donors (Lipinski definition) is 1. The second kappa shape index (κ2) is 10.7. The van der Waals surface area contributed by atoms with Gasteiger partial charge in [0.25, 0.3) is 0 Å². The summed E-state index contributed by atoms with van der Waals surface area (Å²) in [7, 11) is 0. The molecule has 0 unspecified atom stereocenters. The molecule has 0 saturated heterocycles. The molecule has 0 aliphatic carbocycles. The number of ether oxygens (including phenoxy) is 1. The maximum Gasteiger partial charge on any atom is 0.306 e. The van der Waals surface area contributed by atoms with Crippen molar-refractivity contribution in [2.45, 2.75) is 73.3 Å². The van der Waals surface area contributed by atoms with Crippen molar-refractivity contribution in [2.75, 3.05) is 0 Å². The number of hydrogen-bond acceptors (Lipinski definition) is 3. The molecule has 0 rings (SSSR count). The van der Waals surface area contributed by atoms with E-state index in [-0.39, 0.29) is 24.7 Å². The van der Waals surface area contributed by atoms with Crippen molar-refractivity contribution in [1.82, 2.24) is 5.32 Å². The van der Waals surface area contributed by atoms with Gasteiger partial charge in [-0.15, -0.1) is 0 Å². The van der Waals surface area contributed by atoms with Crippen LogP contribution >= 0.6 is 0 Å². The summed E-state index contributed by atoms with van der Waals surface area (Å²) in [5.41, 5.74) is 3.29. The minimum absolute atomic E-state index is 0.0615. The van der Waals surface area contributed by atoms with Gasteiger partial charge in [-0.1, -0.05) is 36.8 Å². The van der Waals surface area contributed by atoms with E-state index < -0.39 is 5.60 Å². The van der Waals surface area contributed by atoms with Gasteiger partial charge in [0.05, 0.1) is 6.42 Å². The first-order chi connectivity index (χ1) is 11.5. The molecule has 0 fully saturated rings. The van der Waals surface area contributed by atoms with E-state index in [2.05, 4.69) is 31.8 Å². The Bertz CT molecular complexity index is 587. The van der Waals surface area contributed by atoms with E-state index in [4.69, 9.17) is 4.74 Å². The van der Waals surface area contributed by atoms with Crippen molar-refractivity contribution in [2.24, 2.45) is 0 Å². The van der Waals surface area contributed by atoms with Crippen LogP contribution in [0, 0.1) is 0 Å². The number of allylic oxidation sites excluding steroid dienone is 6. The molecular formula is C21H33NO3. The highest BCUT2D eigenvalue weighted by Gasteiger charge is 2.17. The number of carbonyl (C=O) groups excluding carboxylic acids is 2. The average molecular weight is 347 g/mol. The second-order valence-electron chi connectivity index (χ2n) is 7.10. The molecule has 0 aromatic heterocycles. The van der Waals surface area contributed by atoms with Crippen LogP contribution in [0.5, 0.6) is 0 Å². The maximum absolute atomic E-state index is 12.1. The van der Waals surface area contributed by atoms with Crippen molar-refractivity contribution >= 4 is 11.9 Å². The smallest absolute Gasteiger partial charge is 0.306 e. The number of nitrogens with one attached hydrogen (secondary N) is 1. The Balaban J connectivity index is 4.87. The molecule has 0 aliphatic rings. The first-order valence-electron chi connectivity index (χ1n) is 8.71. The minimum Gasteiger partial charge on any atom is -0.460 e. The van der Waals surface area contributed by atoms with Crippen molar-refractivity contribution in [1.29, 1.82) is 0 Å². The first kappa shape index (κ1) is 22.9. The molecule has 1 amide bonds. The van der Waals surface area contributed by atoms with Crippen LogP contribution in [0.25, 0.3) is 0 Å². The van der Waals surface area contributed by atoms with Gasteiger partial charge in [0, 0.05) is 12.1 Å². The Morgan fingerprint density at radius 3 is 2.16 bits per heavy atom. The molecule has 25 heavy (non-hydrogen) atoms. The lowest BCUT2D eigenvalue weighted by atomic mass is 10.0. The normalized spacial score (nSPS) is 13.5. The second-order valence-corrected chi connectivity index (χ2v) is 7.10. The van der Waals surface area contributed by atoms with E-state index in [0.29, 0.717) is 5.70 Å². The molecule has 0 aromatic rings. The third-order valence-corrected chi connectivity index (χ3v) is 3.33. The van der Waals surface area contributed by atoms with Crippen molar-refractivity contribution in [3.63, 3.8) is 0 Å². The molecule has 4 heteroatoms. The molecule has 140 valence electrons. The van der Waals surface area contributed by atoms with Gasteiger partial charge < -0.3 is 10.1 Å². The van der Waals surface area contributed by atoms with E-state index in [9.17, 15) is 9.59 Å². The third kappa shape index (κ3) is 11.1. The Hall–Kier alpha value is -2.10. The molecule has 0 bridgehead atoms. The number of amides is 1. The van der Waals surface area contributed by atoms with Crippen LogP contribution in [0.3, 0.4) is 0 Å². The minimum atomic E-state index is -0.537. The highest BCUT2D eigenvalue weighted by Crippen LogP contribution is 2.15. The average Bonchev–Trinajstić information content (AvgIpc) is 2.49. The SMILES string of the molecule is C=C(C)C(=C\C(=CC)NC(=O)CCC(=O)OC(C)(C)C)/C=C(\C)CC. The summed E-state index contributed by atoms with van der Waals surface area (Å²) in [4.78, 5) is 23.8. The Kier molecular flexibility index (Phi) is 9.80. The van der Waals surface area contributed by atoms with E-state index in [0.717, 1.165) is 17.6 Å². The zero-order valence-corrected chi connectivity index (χ0v) is 16.8. The molecule has 0 aliphatic heterocycles. The topological polar surface area (TPSA) is 55.4 Å². The quantitative estimate of drug-likeness (QED) is 0.497. The predicted molar refractivity (Wildman–Crippen MR) is 104 cm³/mol. The number of carbonyl (C=O) groups is 2. The van der Waals surface area contributed by atoms with Crippen LogP contribution in [0.15, 0.2) is 47.2 Å². The molecule has 0 spiro atoms. The molecule has 0 atom stereocenters. The lowest BCUT2D eigenvalue weighted by Gasteiger charge is -2.19. The monoisotopic (exact) mass is 347 g/mol. The highest BCUT2D eigenvalue weighted by atomic mass is 16.6. The first-order valence-corrected chi connectivity index (χ1v) is 8.71. The Morgan fingerprint density at radius 2 is 1.72 bits per heavy atom. The fourth-order valence-electron chi connectivity index (χ4n) is 1.85. The van der Waals surface area contributed by atoms with Crippen molar-refractivity contribution in [3.05, 3.63) is 47.2 Å². The fourth-order valence-corrected chi connectivity index (χ4v) is 1.85. The van der Waals surface area contributed by atoms with Crippen molar-refractivity contribution < 1.29 is 14.3 Å². The molecule has 0 radical (unpaired) electrons. The van der Waals surface area contributed by atoms with E-state index in [1.807, 2.05) is 26.0 Å². The van der Waals surface area contributed by atoms with Crippen LogP contribution in [0.2, 0.25) is 0 Å². The molecule has 0 heterocycles. The lowest BCUT2D eigenvalue weighted by Crippen LogP contribution is -2.26. The summed E-state index contributed by atoms with van der Waals surface area (Å²) in [6.07, 6.45) is 6.89. The number of rotatable bonds is 8. The summed E-state index contributed by atoms with van der Waals surface area (Å²) < 4.78 is 5.21. The highest BCUT2D eigenvalue weighted by molar-refractivity contribution is 5.83. The maximum atomic E-state index is 12.1. The number of esters is 1. The van der Waals surface area contributed by atoms with Gasteiger partial charge in [-0.2, -0.15) is 0 Å². The summed E-state index contributed by atoms with van der Waals surface area (Å²) >= 11 is 0. The van der Waals surface area contributed by atoms with Crippen LogP contribution in [-0.4, -0.2) is 17.5 Å². The largest absolute Gasteiger partial charge is 0.460 e. The summed E-state index contributed by atoms with van der Waals surface area (Å²) in [5, 5.41) is 2.83.